The molecule has 8 heteroatoms. The number of halogens is 1. The van der Waals surface area contributed by atoms with Crippen LogP contribution in [0.25, 0.3) is 0 Å². The summed E-state index contributed by atoms with van der Waals surface area (Å²) in [5.41, 5.74) is 2.77. The van der Waals surface area contributed by atoms with E-state index in [9.17, 15) is 14.4 Å². The Balaban J connectivity index is 1.51. The van der Waals surface area contributed by atoms with Crippen molar-refractivity contribution in [3.8, 4) is 0 Å². The monoisotopic (exact) mass is 456 g/mol. The lowest BCUT2D eigenvalue weighted by Crippen LogP contribution is -2.53. The molecule has 0 radical (unpaired) electrons. The summed E-state index contributed by atoms with van der Waals surface area (Å²) in [4.78, 5) is 38.7. The van der Waals surface area contributed by atoms with E-state index in [-0.39, 0.29) is 23.9 Å². The molecule has 0 aromatic heterocycles. The first-order valence-electron chi connectivity index (χ1n) is 10.7. The predicted molar refractivity (Wildman–Crippen MR) is 126 cm³/mol. The van der Waals surface area contributed by atoms with Gasteiger partial charge in [-0.25, -0.2) is 4.79 Å². The zero-order chi connectivity index (χ0) is 23.1. The number of hydrogen-bond acceptors (Lipinski definition) is 3. The minimum absolute atomic E-state index is 0.0491. The van der Waals surface area contributed by atoms with Crippen LogP contribution in [0, 0.1) is 6.92 Å². The number of piperidine rings is 1. The van der Waals surface area contributed by atoms with Crippen LogP contribution < -0.4 is 16.0 Å². The molecule has 1 aliphatic rings. The van der Waals surface area contributed by atoms with Crippen molar-refractivity contribution in [2.45, 2.75) is 45.2 Å². The zero-order valence-electron chi connectivity index (χ0n) is 18.4. The smallest absolute Gasteiger partial charge is 0.321 e. The third kappa shape index (κ3) is 6.99. The average molecular weight is 457 g/mol. The second kappa shape index (κ2) is 11.0. The van der Waals surface area contributed by atoms with Crippen molar-refractivity contribution in [2.24, 2.45) is 0 Å². The molecular formula is C24H29ClN4O3. The maximum Gasteiger partial charge on any atom is 0.321 e. The topological polar surface area (TPSA) is 90.5 Å². The fraction of sp³-hybridized carbons (Fsp3) is 0.375. The number of aryl methyl sites for hydroxylation is 1. The molecule has 0 aliphatic carbocycles. The van der Waals surface area contributed by atoms with Crippen molar-refractivity contribution in [2.75, 3.05) is 18.4 Å². The molecule has 2 aromatic carbocycles. The summed E-state index contributed by atoms with van der Waals surface area (Å²) in [6, 6.07) is 14.0. The van der Waals surface area contributed by atoms with Crippen LogP contribution in [0.2, 0.25) is 5.02 Å². The molecule has 0 spiro atoms. The molecule has 0 saturated carbocycles. The summed E-state index contributed by atoms with van der Waals surface area (Å²) < 4.78 is 0. The van der Waals surface area contributed by atoms with Gasteiger partial charge in [0, 0.05) is 43.2 Å². The van der Waals surface area contributed by atoms with Crippen LogP contribution in [0.4, 0.5) is 10.5 Å². The van der Waals surface area contributed by atoms with Crippen LogP contribution in [0.3, 0.4) is 0 Å². The Labute approximate surface area is 193 Å². The Morgan fingerprint density at radius 2 is 1.78 bits per heavy atom. The lowest BCUT2D eigenvalue weighted by Gasteiger charge is -2.33. The third-order valence-electron chi connectivity index (χ3n) is 5.46. The largest absolute Gasteiger partial charge is 0.351 e. The van der Waals surface area contributed by atoms with Gasteiger partial charge in [-0.2, -0.15) is 0 Å². The number of hydrogen-bond donors (Lipinski definition) is 3. The molecule has 2 aromatic rings. The van der Waals surface area contributed by atoms with E-state index in [0.29, 0.717) is 43.1 Å². The summed E-state index contributed by atoms with van der Waals surface area (Å²) in [5, 5.41) is 9.20. The molecule has 7 nitrogen and oxygen atoms in total. The predicted octanol–water partition coefficient (Wildman–Crippen LogP) is 3.51. The van der Waals surface area contributed by atoms with E-state index in [1.165, 1.54) is 6.92 Å². The van der Waals surface area contributed by atoms with Crippen molar-refractivity contribution in [3.05, 3.63) is 64.7 Å². The minimum Gasteiger partial charge on any atom is -0.351 e. The summed E-state index contributed by atoms with van der Waals surface area (Å²) in [5.74, 6) is -0.452. The van der Waals surface area contributed by atoms with Gasteiger partial charge in [0.05, 0.1) is 0 Å². The van der Waals surface area contributed by atoms with Gasteiger partial charge in [-0.15, -0.1) is 0 Å². The number of amides is 4. The Bertz CT molecular complexity index is 956. The number of benzene rings is 2. The van der Waals surface area contributed by atoms with Gasteiger partial charge in [0.15, 0.2) is 0 Å². The highest BCUT2D eigenvalue weighted by atomic mass is 35.5. The van der Waals surface area contributed by atoms with Crippen molar-refractivity contribution < 1.29 is 14.4 Å². The van der Waals surface area contributed by atoms with Crippen LogP contribution in [0.15, 0.2) is 48.5 Å². The summed E-state index contributed by atoms with van der Waals surface area (Å²) >= 11 is 5.97. The van der Waals surface area contributed by atoms with Gasteiger partial charge in [-0.1, -0.05) is 47.5 Å². The lowest BCUT2D eigenvalue weighted by atomic mass is 10.0. The number of carbonyl (C=O) groups is 3. The number of urea groups is 1. The number of nitrogens with zero attached hydrogens (tertiary/aromatic N) is 1. The summed E-state index contributed by atoms with van der Waals surface area (Å²) in [6.07, 6.45) is 1.71. The van der Waals surface area contributed by atoms with Gasteiger partial charge in [0.1, 0.15) is 6.04 Å². The third-order valence-corrected chi connectivity index (χ3v) is 5.69. The number of carbonyl (C=O) groups excluding carboxylic acids is 3. The molecule has 1 atom stereocenters. The highest BCUT2D eigenvalue weighted by molar-refractivity contribution is 6.30. The maximum absolute atomic E-state index is 12.9. The molecule has 0 bridgehead atoms. The Hall–Kier alpha value is -3.06. The van der Waals surface area contributed by atoms with Crippen LogP contribution in [0.1, 0.15) is 30.9 Å². The fourth-order valence-corrected chi connectivity index (χ4v) is 3.90. The highest BCUT2D eigenvalue weighted by Gasteiger charge is 2.27. The zero-order valence-corrected chi connectivity index (χ0v) is 19.1. The maximum atomic E-state index is 12.9. The molecular weight excluding hydrogens is 428 g/mol. The van der Waals surface area contributed by atoms with Crippen LogP contribution >= 0.6 is 11.6 Å². The number of anilines is 1. The standard InChI is InChI=1S/C24H29ClN4O3/c1-16-6-8-18(9-7-16)14-22(26-17(2)30)23(31)27-20-10-12-29(13-11-20)24(32)28-21-5-3-4-19(25)15-21/h3-9,15,20,22H,10-14H2,1-2H3,(H,26,30)(H,27,31)(H,28,32). The average Bonchev–Trinajstić information content (AvgIpc) is 2.75. The number of nitrogens with one attached hydrogen (secondary N) is 3. The van der Waals surface area contributed by atoms with E-state index in [0.717, 1.165) is 11.1 Å². The molecule has 3 N–H and O–H groups in total. The molecule has 170 valence electrons. The van der Waals surface area contributed by atoms with E-state index in [1.807, 2.05) is 31.2 Å². The minimum atomic E-state index is -0.639. The first kappa shape index (κ1) is 23.6. The van der Waals surface area contributed by atoms with E-state index in [4.69, 9.17) is 11.6 Å². The van der Waals surface area contributed by atoms with E-state index in [1.54, 1.807) is 29.2 Å². The van der Waals surface area contributed by atoms with E-state index in [2.05, 4.69) is 16.0 Å². The molecule has 1 fully saturated rings. The second-order valence-electron chi connectivity index (χ2n) is 8.15. The van der Waals surface area contributed by atoms with Gasteiger partial charge in [-0.3, -0.25) is 9.59 Å². The normalized spacial score (nSPS) is 15.0. The SMILES string of the molecule is CC(=O)NC(Cc1ccc(C)cc1)C(=O)NC1CCN(C(=O)Nc2cccc(Cl)c2)CC1. The van der Waals surface area contributed by atoms with Crippen molar-refractivity contribution >= 4 is 35.1 Å². The van der Waals surface area contributed by atoms with Gasteiger partial charge >= 0.3 is 6.03 Å². The first-order chi connectivity index (χ1) is 15.3. The number of rotatable bonds is 6. The highest BCUT2D eigenvalue weighted by Crippen LogP contribution is 2.17. The van der Waals surface area contributed by atoms with E-state index < -0.39 is 6.04 Å². The van der Waals surface area contributed by atoms with Crippen LogP contribution in [0.5, 0.6) is 0 Å². The summed E-state index contributed by atoms with van der Waals surface area (Å²) in [6.45, 7) is 4.47. The quantitative estimate of drug-likeness (QED) is 0.621. The van der Waals surface area contributed by atoms with E-state index >= 15 is 0 Å². The molecule has 32 heavy (non-hydrogen) atoms. The van der Waals surface area contributed by atoms with Crippen LogP contribution in [-0.4, -0.2) is 47.9 Å². The molecule has 4 amide bonds. The number of likely N-dealkylation sites (tertiary alicyclic amines) is 1. The molecule has 1 aliphatic heterocycles. The van der Waals surface area contributed by atoms with Crippen molar-refractivity contribution in [3.63, 3.8) is 0 Å². The van der Waals surface area contributed by atoms with Gasteiger partial charge < -0.3 is 20.9 Å². The molecule has 1 saturated heterocycles. The van der Waals surface area contributed by atoms with Gasteiger partial charge in [-0.05, 0) is 43.5 Å². The van der Waals surface area contributed by atoms with Gasteiger partial charge in [0.2, 0.25) is 11.8 Å². The van der Waals surface area contributed by atoms with Crippen molar-refractivity contribution in [1.29, 1.82) is 0 Å². The Morgan fingerprint density at radius 3 is 2.41 bits per heavy atom. The molecule has 1 unspecified atom stereocenters. The van der Waals surface area contributed by atoms with Crippen molar-refractivity contribution in [1.82, 2.24) is 15.5 Å². The first-order valence-corrected chi connectivity index (χ1v) is 11.1. The van der Waals surface area contributed by atoms with Gasteiger partial charge in [0.25, 0.3) is 0 Å². The van der Waals surface area contributed by atoms with Crippen LogP contribution in [-0.2, 0) is 16.0 Å². The Morgan fingerprint density at radius 1 is 1.09 bits per heavy atom. The lowest BCUT2D eigenvalue weighted by molar-refractivity contribution is -0.128. The Kier molecular flexibility index (Phi) is 8.11. The summed E-state index contributed by atoms with van der Waals surface area (Å²) in [7, 11) is 0. The molecule has 3 rings (SSSR count). The second-order valence-corrected chi connectivity index (χ2v) is 8.59. The molecule has 1 heterocycles. The fourth-order valence-electron chi connectivity index (χ4n) is 3.71.